The third kappa shape index (κ3) is 4.21. The van der Waals surface area contributed by atoms with Gasteiger partial charge in [-0.05, 0) is 0 Å². The Morgan fingerprint density at radius 3 is 2.67 bits per heavy atom. The van der Waals surface area contributed by atoms with Crippen molar-refractivity contribution in [3.8, 4) is 0 Å². The van der Waals surface area contributed by atoms with Gasteiger partial charge in [-0.15, -0.1) is 0 Å². The number of alkyl halides is 1. The molecule has 1 N–H and O–H groups in total. The number of hydrogen-bond acceptors (Lipinski definition) is 2. The van der Waals surface area contributed by atoms with Gasteiger partial charge in [-0.25, -0.2) is 5.48 Å². The van der Waals surface area contributed by atoms with Crippen LogP contribution in [0.1, 0.15) is 6.92 Å². The summed E-state index contributed by atoms with van der Waals surface area (Å²) in [6, 6.07) is 0.216. The summed E-state index contributed by atoms with van der Waals surface area (Å²) in [6.45, 7) is 2.74. The first-order chi connectivity index (χ1) is 2.91. The average molecular weight is 110 g/mol. The van der Waals surface area contributed by atoms with E-state index in [9.17, 15) is 0 Å². The second-order valence-corrected chi connectivity index (χ2v) is 0.970. The minimum absolute atomic E-state index is 0.216. The predicted molar refractivity (Wildman–Crippen MR) is 25.5 cm³/mol. The van der Waals surface area contributed by atoms with Crippen molar-refractivity contribution in [1.82, 2.24) is 5.48 Å². The molecule has 0 aromatic heterocycles. The lowest BCUT2D eigenvalue weighted by Gasteiger charge is -1.93. The van der Waals surface area contributed by atoms with Crippen molar-refractivity contribution in [2.75, 3.05) is 12.6 Å². The molecule has 0 rings (SSSR count). The van der Waals surface area contributed by atoms with Crippen LogP contribution in [0.3, 0.4) is 0 Å². The molecule has 0 aliphatic carbocycles. The van der Waals surface area contributed by atoms with Gasteiger partial charge in [0.15, 0.2) is 0 Å². The Morgan fingerprint density at radius 2 is 2.50 bits per heavy atom. The van der Waals surface area contributed by atoms with Crippen LogP contribution in [-0.4, -0.2) is 12.6 Å². The lowest BCUT2D eigenvalue weighted by atomic mass is 10.8. The standard InChI is InChI=1S/C3H8ClNO/c1-2-5-6-3-4/h5H,2-3H2,1H3. The zero-order chi connectivity index (χ0) is 4.83. The Hall–Kier alpha value is 0.210. The summed E-state index contributed by atoms with van der Waals surface area (Å²) < 4.78 is 0. The molecule has 0 spiro atoms. The summed E-state index contributed by atoms with van der Waals surface area (Å²) >= 11 is 5.10. The molecule has 6 heavy (non-hydrogen) atoms. The van der Waals surface area contributed by atoms with Gasteiger partial charge in [-0.1, -0.05) is 18.5 Å². The Labute approximate surface area is 42.4 Å². The number of rotatable bonds is 3. The molecule has 0 amide bonds. The summed E-state index contributed by atoms with van der Waals surface area (Å²) in [5.41, 5.74) is 2.57. The fourth-order valence-electron chi connectivity index (χ4n) is 0.141. The smallest absolute Gasteiger partial charge is 0.142 e. The van der Waals surface area contributed by atoms with Crippen molar-refractivity contribution in [3.63, 3.8) is 0 Å². The molecule has 0 aromatic rings. The van der Waals surface area contributed by atoms with E-state index in [2.05, 4.69) is 10.3 Å². The maximum Gasteiger partial charge on any atom is 0.142 e. The van der Waals surface area contributed by atoms with E-state index in [1.54, 1.807) is 0 Å². The summed E-state index contributed by atoms with van der Waals surface area (Å²) in [6.07, 6.45) is 0. The Balaban J connectivity index is 2.34. The first-order valence-corrected chi connectivity index (χ1v) is 2.36. The monoisotopic (exact) mass is 109 g/mol. The fraction of sp³-hybridized carbons (Fsp3) is 1.00. The highest BCUT2D eigenvalue weighted by atomic mass is 35.5. The molecule has 0 bridgehead atoms. The van der Waals surface area contributed by atoms with E-state index in [0.717, 1.165) is 6.54 Å². The normalized spacial score (nSPS) is 9.00. The molecule has 0 fully saturated rings. The molecule has 0 aliphatic rings. The molecule has 0 aromatic carbocycles. The van der Waals surface area contributed by atoms with Gasteiger partial charge in [0.1, 0.15) is 6.07 Å². The highest BCUT2D eigenvalue weighted by Gasteiger charge is 1.71. The molecule has 0 unspecified atom stereocenters. The predicted octanol–water partition coefficient (Wildman–Crippen LogP) is 0.724. The first kappa shape index (κ1) is 6.21. The number of hydroxylamine groups is 1. The van der Waals surface area contributed by atoms with Crippen LogP contribution in [0.15, 0.2) is 0 Å². The molecular weight excluding hydrogens is 101 g/mol. The third-order valence-corrected chi connectivity index (χ3v) is 0.410. The summed E-state index contributed by atoms with van der Waals surface area (Å²) in [5, 5.41) is 0. The van der Waals surface area contributed by atoms with Crippen LogP contribution in [0.4, 0.5) is 0 Å². The lowest BCUT2D eigenvalue weighted by molar-refractivity contribution is 0.0800. The summed E-state index contributed by atoms with van der Waals surface area (Å²) in [5.74, 6) is 0. The molecule has 0 saturated heterocycles. The largest absolute Gasteiger partial charge is 0.286 e. The van der Waals surface area contributed by atoms with Gasteiger partial charge in [-0.2, -0.15) is 0 Å². The molecule has 3 heteroatoms. The minimum atomic E-state index is 0.216. The van der Waals surface area contributed by atoms with Gasteiger partial charge >= 0.3 is 0 Å². The van der Waals surface area contributed by atoms with Gasteiger partial charge in [0.2, 0.25) is 0 Å². The van der Waals surface area contributed by atoms with Crippen LogP contribution in [0.5, 0.6) is 0 Å². The van der Waals surface area contributed by atoms with E-state index in [-0.39, 0.29) is 6.07 Å². The molecule has 2 nitrogen and oxygen atoms in total. The highest BCUT2D eigenvalue weighted by Crippen LogP contribution is 1.69. The summed E-state index contributed by atoms with van der Waals surface area (Å²) in [4.78, 5) is 4.50. The van der Waals surface area contributed by atoms with Crippen LogP contribution < -0.4 is 5.48 Å². The first-order valence-electron chi connectivity index (χ1n) is 1.82. The Kier molecular flexibility index (Phi) is 5.39. The Bertz CT molecular complexity index is 22.8. The molecule has 0 aliphatic heterocycles. The van der Waals surface area contributed by atoms with Gasteiger partial charge < -0.3 is 0 Å². The van der Waals surface area contributed by atoms with E-state index in [4.69, 9.17) is 11.6 Å². The minimum Gasteiger partial charge on any atom is -0.286 e. The second-order valence-electron chi connectivity index (χ2n) is 0.751. The topological polar surface area (TPSA) is 21.3 Å². The van der Waals surface area contributed by atoms with Crippen LogP contribution in [0.25, 0.3) is 0 Å². The van der Waals surface area contributed by atoms with E-state index in [1.165, 1.54) is 0 Å². The quantitative estimate of drug-likeness (QED) is 0.328. The maximum atomic E-state index is 5.10. The zero-order valence-electron chi connectivity index (χ0n) is 3.70. The molecule has 0 saturated carbocycles. The molecule has 0 radical (unpaired) electrons. The molecular formula is C3H8ClNO. The van der Waals surface area contributed by atoms with E-state index in [0.29, 0.717) is 0 Å². The van der Waals surface area contributed by atoms with Crippen molar-refractivity contribution in [1.29, 1.82) is 0 Å². The van der Waals surface area contributed by atoms with Crippen molar-refractivity contribution in [2.24, 2.45) is 0 Å². The van der Waals surface area contributed by atoms with Crippen LogP contribution in [0, 0.1) is 0 Å². The number of nitrogens with one attached hydrogen (secondary N) is 1. The average Bonchev–Trinajstić information content (AvgIpc) is 1.61. The van der Waals surface area contributed by atoms with Crippen molar-refractivity contribution < 1.29 is 4.84 Å². The van der Waals surface area contributed by atoms with Crippen molar-refractivity contribution >= 4 is 11.6 Å². The zero-order valence-corrected chi connectivity index (χ0v) is 4.46. The van der Waals surface area contributed by atoms with Gasteiger partial charge in [0.25, 0.3) is 0 Å². The van der Waals surface area contributed by atoms with E-state index >= 15 is 0 Å². The number of halogens is 1. The van der Waals surface area contributed by atoms with Crippen molar-refractivity contribution in [2.45, 2.75) is 6.92 Å². The molecule has 0 atom stereocenters. The third-order valence-electron chi connectivity index (χ3n) is 0.301. The maximum absolute atomic E-state index is 5.10. The van der Waals surface area contributed by atoms with Crippen LogP contribution >= 0.6 is 11.6 Å². The lowest BCUT2D eigenvalue weighted by Crippen LogP contribution is -2.11. The molecule has 0 heterocycles. The van der Waals surface area contributed by atoms with E-state index in [1.807, 2.05) is 6.92 Å². The second kappa shape index (κ2) is 5.21. The van der Waals surface area contributed by atoms with E-state index < -0.39 is 0 Å². The van der Waals surface area contributed by atoms with Crippen LogP contribution in [-0.2, 0) is 4.84 Å². The number of hydrogen-bond donors (Lipinski definition) is 1. The van der Waals surface area contributed by atoms with Gasteiger partial charge in [0, 0.05) is 6.54 Å². The van der Waals surface area contributed by atoms with Crippen LogP contribution in [0.2, 0.25) is 0 Å². The summed E-state index contributed by atoms with van der Waals surface area (Å²) in [7, 11) is 0. The van der Waals surface area contributed by atoms with Gasteiger partial charge in [0.05, 0.1) is 0 Å². The highest BCUT2D eigenvalue weighted by molar-refractivity contribution is 6.17. The Morgan fingerprint density at radius 1 is 1.83 bits per heavy atom. The SMILES string of the molecule is CCNOCCl. The molecule has 38 valence electrons. The fourth-order valence-corrected chi connectivity index (χ4v) is 0.218. The van der Waals surface area contributed by atoms with Gasteiger partial charge in [-0.3, -0.25) is 4.84 Å². The van der Waals surface area contributed by atoms with Crippen molar-refractivity contribution in [3.05, 3.63) is 0 Å².